The molecule has 0 aromatic heterocycles. The van der Waals surface area contributed by atoms with Gasteiger partial charge in [0.05, 0.1) is 0 Å². The van der Waals surface area contributed by atoms with Crippen LogP contribution in [0, 0.1) is 23.4 Å². The van der Waals surface area contributed by atoms with Crippen molar-refractivity contribution in [3.05, 3.63) is 88.7 Å². The molecule has 0 bridgehead atoms. The molecule has 4 rings (SSSR count). The summed E-state index contributed by atoms with van der Waals surface area (Å²) in [5.41, 5.74) is 2.90. The maximum atomic E-state index is 14.9. The van der Waals surface area contributed by atoms with Gasteiger partial charge in [0, 0.05) is 11.6 Å². The summed E-state index contributed by atoms with van der Waals surface area (Å²) in [5.74, 6) is -0.543. The molecule has 3 aromatic rings. The minimum atomic E-state index is -0.781. The van der Waals surface area contributed by atoms with Crippen LogP contribution in [-0.2, 0) is 13.0 Å². The maximum Gasteiger partial charge on any atom is 0.166 e. The van der Waals surface area contributed by atoms with Crippen LogP contribution in [0.3, 0.4) is 0 Å². The molecular weight excluding hydrogens is 409 g/mol. The van der Waals surface area contributed by atoms with Gasteiger partial charge in [-0.15, -0.1) is 0 Å². The van der Waals surface area contributed by atoms with Crippen molar-refractivity contribution in [2.75, 3.05) is 0 Å². The fraction of sp³-hybridized carbons (Fsp3) is 0.357. The second kappa shape index (κ2) is 9.81. The topological polar surface area (TPSA) is 9.23 Å². The molecule has 0 saturated heterocycles. The zero-order valence-electron chi connectivity index (χ0n) is 18.6. The van der Waals surface area contributed by atoms with E-state index in [1.165, 1.54) is 6.07 Å². The normalized spacial score (nSPS) is 18.5. The Morgan fingerprint density at radius 2 is 1.56 bits per heavy atom. The number of hydrogen-bond donors (Lipinski definition) is 0. The first-order valence-electron chi connectivity index (χ1n) is 11.4. The highest BCUT2D eigenvalue weighted by Gasteiger charge is 2.25. The van der Waals surface area contributed by atoms with E-state index in [9.17, 15) is 13.2 Å². The van der Waals surface area contributed by atoms with Crippen LogP contribution in [0.15, 0.2) is 54.6 Å². The Balaban J connectivity index is 1.45. The van der Waals surface area contributed by atoms with Crippen molar-refractivity contribution in [2.24, 2.45) is 5.92 Å². The van der Waals surface area contributed by atoms with Crippen LogP contribution in [0.1, 0.15) is 62.1 Å². The lowest BCUT2D eigenvalue weighted by atomic mass is 9.79. The predicted molar refractivity (Wildman–Crippen MR) is 122 cm³/mol. The second-order valence-electron chi connectivity index (χ2n) is 8.88. The molecule has 0 atom stereocenters. The Hall–Kier alpha value is -2.75. The number of hydrogen-bond acceptors (Lipinski definition) is 1. The summed E-state index contributed by atoms with van der Waals surface area (Å²) < 4.78 is 49.4. The molecule has 0 amide bonds. The van der Waals surface area contributed by atoms with E-state index in [4.69, 9.17) is 4.74 Å². The first-order chi connectivity index (χ1) is 15.5. The Kier molecular flexibility index (Phi) is 6.88. The van der Waals surface area contributed by atoms with E-state index in [1.807, 2.05) is 19.1 Å². The van der Waals surface area contributed by atoms with Gasteiger partial charge in [0.15, 0.2) is 11.6 Å². The third kappa shape index (κ3) is 4.85. The molecule has 0 unspecified atom stereocenters. The summed E-state index contributed by atoms with van der Waals surface area (Å²) in [6.07, 6.45) is 4.58. The highest BCUT2D eigenvalue weighted by Crippen LogP contribution is 2.38. The lowest BCUT2D eigenvalue weighted by Crippen LogP contribution is -2.13. The Morgan fingerprint density at radius 1 is 0.844 bits per heavy atom. The van der Waals surface area contributed by atoms with Crippen molar-refractivity contribution in [1.29, 1.82) is 0 Å². The van der Waals surface area contributed by atoms with Crippen molar-refractivity contribution < 1.29 is 17.9 Å². The van der Waals surface area contributed by atoms with E-state index in [2.05, 4.69) is 6.92 Å². The Labute approximate surface area is 188 Å². The molecule has 0 radical (unpaired) electrons. The number of benzene rings is 3. The summed E-state index contributed by atoms with van der Waals surface area (Å²) in [6, 6.07) is 15.5. The van der Waals surface area contributed by atoms with Gasteiger partial charge in [-0.3, -0.25) is 0 Å². The molecule has 4 heteroatoms. The van der Waals surface area contributed by atoms with Gasteiger partial charge in [-0.1, -0.05) is 69.2 Å². The highest BCUT2D eigenvalue weighted by atomic mass is 19.2. The molecule has 1 saturated carbocycles. The van der Waals surface area contributed by atoms with E-state index < -0.39 is 11.6 Å². The van der Waals surface area contributed by atoms with Gasteiger partial charge in [0.2, 0.25) is 0 Å². The van der Waals surface area contributed by atoms with Gasteiger partial charge in [-0.2, -0.15) is 0 Å². The van der Waals surface area contributed by atoms with Crippen LogP contribution in [0.2, 0.25) is 0 Å². The number of aryl methyl sites for hydroxylation is 1. The van der Waals surface area contributed by atoms with E-state index in [0.29, 0.717) is 34.8 Å². The van der Waals surface area contributed by atoms with Crippen molar-refractivity contribution in [3.63, 3.8) is 0 Å². The molecule has 1 nitrogen and oxygen atoms in total. The Morgan fingerprint density at radius 3 is 2.22 bits per heavy atom. The molecule has 1 fully saturated rings. The lowest BCUT2D eigenvalue weighted by molar-refractivity contribution is 0.304. The third-order valence-corrected chi connectivity index (χ3v) is 6.64. The predicted octanol–water partition coefficient (Wildman–Crippen LogP) is 8.21. The summed E-state index contributed by atoms with van der Waals surface area (Å²) in [4.78, 5) is 0. The molecular formula is C28H29F3O. The van der Waals surface area contributed by atoms with Crippen LogP contribution in [0.5, 0.6) is 5.75 Å². The van der Waals surface area contributed by atoms with Crippen LogP contribution >= 0.6 is 0 Å². The van der Waals surface area contributed by atoms with Crippen molar-refractivity contribution in [3.8, 4) is 16.9 Å². The third-order valence-electron chi connectivity index (χ3n) is 6.64. The minimum Gasteiger partial charge on any atom is -0.489 e. The van der Waals surface area contributed by atoms with Gasteiger partial charge in [0.25, 0.3) is 0 Å². The molecule has 0 aliphatic heterocycles. The zero-order valence-corrected chi connectivity index (χ0v) is 18.6. The largest absolute Gasteiger partial charge is 0.489 e. The van der Waals surface area contributed by atoms with Crippen LogP contribution in [0.25, 0.3) is 11.1 Å². The number of rotatable bonds is 6. The molecule has 1 aliphatic rings. The maximum absolute atomic E-state index is 14.9. The molecule has 1 aliphatic carbocycles. The summed E-state index contributed by atoms with van der Waals surface area (Å²) in [6.45, 7) is 4.38. The van der Waals surface area contributed by atoms with Crippen LogP contribution in [0.4, 0.5) is 13.2 Å². The standard InChI is InChI=1S/C28H29F3O/c1-3-20-12-13-23(16-26(20)29)32-17-19-6-10-22(11-7-19)25-15-14-24(27(30)28(25)31)21-8-4-18(2)5-9-21/h6-7,10-16,18,21H,3-5,8-9,17H2,1-2H3. The van der Waals surface area contributed by atoms with Crippen molar-refractivity contribution in [2.45, 2.75) is 58.5 Å². The smallest absolute Gasteiger partial charge is 0.166 e. The molecule has 0 heterocycles. The summed E-state index contributed by atoms with van der Waals surface area (Å²) in [5, 5.41) is 0. The minimum absolute atomic E-state index is 0.102. The fourth-order valence-electron chi connectivity index (χ4n) is 4.53. The second-order valence-corrected chi connectivity index (χ2v) is 8.88. The molecule has 0 spiro atoms. The van der Waals surface area contributed by atoms with Crippen molar-refractivity contribution in [1.82, 2.24) is 0 Å². The van der Waals surface area contributed by atoms with Crippen LogP contribution < -0.4 is 4.74 Å². The summed E-state index contributed by atoms with van der Waals surface area (Å²) >= 11 is 0. The van der Waals surface area contributed by atoms with E-state index in [1.54, 1.807) is 36.4 Å². The monoisotopic (exact) mass is 438 g/mol. The van der Waals surface area contributed by atoms with Gasteiger partial charge < -0.3 is 4.74 Å². The molecule has 168 valence electrons. The average Bonchev–Trinajstić information content (AvgIpc) is 2.81. The van der Waals surface area contributed by atoms with Gasteiger partial charge in [-0.05, 0) is 59.4 Å². The fourth-order valence-corrected chi connectivity index (χ4v) is 4.53. The lowest BCUT2D eigenvalue weighted by Gasteiger charge is -2.27. The first-order valence-corrected chi connectivity index (χ1v) is 11.4. The summed E-state index contributed by atoms with van der Waals surface area (Å²) in [7, 11) is 0. The molecule has 0 N–H and O–H groups in total. The van der Waals surface area contributed by atoms with Gasteiger partial charge in [-0.25, -0.2) is 13.2 Å². The quantitative estimate of drug-likeness (QED) is 0.377. The molecule has 3 aromatic carbocycles. The van der Waals surface area contributed by atoms with E-state index in [0.717, 1.165) is 31.2 Å². The molecule has 32 heavy (non-hydrogen) atoms. The van der Waals surface area contributed by atoms with E-state index in [-0.39, 0.29) is 23.9 Å². The van der Waals surface area contributed by atoms with Crippen molar-refractivity contribution >= 4 is 0 Å². The Bertz CT molecular complexity index is 1070. The van der Waals surface area contributed by atoms with Gasteiger partial charge >= 0.3 is 0 Å². The highest BCUT2D eigenvalue weighted by molar-refractivity contribution is 5.65. The first kappa shape index (κ1) is 22.4. The zero-order chi connectivity index (χ0) is 22.7. The van der Waals surface area contributed by atoms with Gasteiger partial charge in [0.1, 0.15) is 18.2 Å². The number of halogens is 3. The van der Waals surface area contributed by atoms with E-state index >= 15 is 0 Å². The van der Waals surface area contributed by atoms with Crippen LogP contribution in [-0.4, -0.2) is 0 Å². The average molecular weight is 439 g/mol. The number of ether oxygens (including phenoxy) is 1. The SMILES string of the molecule is CCc1ccc(OCc2ccc(-c3ccc(C4CCC(C)CC4)c(F)c3F)cc2)cc1F.